The minimum Gasteiger partial charge on any atom is -0.376 e. The first-order valence-electron chi connectivity index (χ1n) is 10.1. The number of alkyl halides is 3. The third-order valence-corrected chi connectivity index (χ3v) is 6.43. The van der Waals surface area contributed by atoms with E-state index in [9.17, 15) is 22.8 Å². The molecule has 0 aliphatic carbocycles. The van der Waals surface area contributed by atoms with Gasteiger partial charge in [-0.2, -0.15) is 13.2 Å². The van der Waals surface area contributed by atoms with Crippen LogP contribution in [0.1, 0.15) is 18.4 Å². The minimum atomic E-state index is -4.64. The van der Waals surface area contributed by atoms with E-state index < -0.39 is 22.7 Å². The highest BCUT2D eigenvalue weighted by atomic mass is 35.5. The molecule has 4 rings (SSSR count). The summed E-state index contributed by atoms with van der Waals surface area (Å²) in [5.74, 6) is -0.693. The van der Waals surface area contributed by atoms with Gasteiger partial charge in [0.2, 0.25) is 5.91 Å². The lowest BCUT2D eigenvalue weighted by Crippen LogP contribution is -2.29. The summed E-state index contributed by atoms with van der Waals surface area (Å²) in [5.41, 5.74) is -0.787. The molecule has 0 unspecified atom stereocenters. The van der Waals surface area contributed by atoms with Gasteiger partial charge in [0.15, 0.2) is 5.16 Å². The number of ether oxygens (including phenoxy) is 1. The van der Waals surface area contributed by atoms with E-state index in [-0.39, 0.29) is 23.1 Å². The first-order chi connectivity index (χ1) is 15.7. The molecule has 0 spiro atoms. The van der Waals surface area contributed by atoms with E-state index in [1.807, 2.05) is 0 Å². The Bertz CT molecular complexity index is 1240. The number of thioether (sulfide) groups is 1. The summed E-state index contributed by atoms with van der Waals surface area (Å²) in [5, 5.41) is 2.79. The van der Waals surface area contributed by atoms with Crippen molar-refractivity contribution < 1.29 is 22.7 Å². The largest absolute Gasteiger partial charge is 0.417 e. The summed E-state index contributed by atoms with van der Waals surface area (Å²) in [6.45, 7) is 0.944. The summed E-state index contributed by atoms with van der Waals surface area (Å²) in [6.07, 6.45) is -3.03. The molecule has 0 bridgehead atoms. The summed E-state index contributed by atoms with van der Waals surface area (Å²) in [7, 11) is 0. The zero-order valence-corrected chi connectivity index (χ0v) is 18.8. The van der Waals surface area contributed by atoms with Crippen molar-refractivity contribution >= 4 is 45.9 Å². The Hall–Kier alpha value is -2.56. The fourth-order valence-electron chi connectivity index (χ4n) is 3.56. The van der Waals surface area contributed by atoms with Gasteiger partial charge in [0.05, 0.1) is 39.9 Å². The molecular weight excluding hydrogens is 479 g/mol. The summed E-state index contributed by atoms with van der Waals surface area (Å²) in [4.78, 5) is 30.1. The van der Waals surface area contributed by atoms with Crippen LogP contribution in [0, 0.1) is 0 Å². The molecule has 1 aromatic heterocycles. The maximum absolute atomic E-state index is 13.1. The normalized spacial score (nSPS) is 16.3. The predicted molar refractivity (Wildman–Crippen MR) is 121 cm³/mol. The highest BCUT2D eigenvalue weighted by molar-refractivity contribution is 7.99. The van der Waals surface area contributed by atoms with Crippen molar-refractivity contribution in [2.24, 2.45) is 0 Å². The van der Waals surface area contributed by atoms with Gasteiger partial charge in [0.1, 0.15) is 0 Å². The van der Waals surface area contributed by atoms with Crippen molar-refractivity contribution in [1.29, 1.82) is 0 Å². The topological polar surface area (TPSA) is 73.2 Å². The van der Waals surface area contributed by atoms with Crippen LogP contribution in [0.15, 0.2) is 52.4 Å². The fourth-order valence-corrected chi connectivity index (χ4v) is 4.59. The van der Waals surface area contributed by atoms with Gasteiger partial charge in [0, 0.05) is 12.3 Å². The number of carbonyl (C=O) groups is 1. The van der Waals surface area contributed by atoms with Crippen LogP contribution >= 0.6 is 23.4 Å². The lowest BCUT2D eigenvalue weighted by atomic mass is 10.2. The maximum atomic E-state index is 13.1. The van der Waals surface area contributed by atoms with E-state index >= 15 is 0 Å². The molecule has 1 aliphatic rings. The second-order valence-corrected chi connectivity index (χ2v) is 8.84. The summed E-state index contributed by atoms with van der Waals surface area (Å²) < 4.78 is 46.3. The van der Waals surface area contributed by atoms with Crippen molar-refractivity contribution in [3.8, 4) is 0 Å². The molecule has 1 fully saturated rings. The van der Waals surface area contributed by atoms with Crippen molar-refractivity contribution in [2.45, 2.75) is 36.8 Å². The van der Waals surface area contributed by atoms with Crippen molar-refractivity contribution in [1.82, 2.24) is 9.55 Å². The van der Waals surface area contributed by atoms with Crippen LogP contribution in [-0.2, 0) is 22.3 Å². The van der Waals surface area contributed by atoms with Gasteiger partial charge in [-0.3, -0.25) is 14.2 Å². The average molecular weight is 498 g/mol. The number of para-hydroxylation sites is 1. The number of hydrogen-bond donors (Lipinski definition) is 1. The molecule has 2 aromatic carbocycles. The average Bonchev–Trinajstić information content (AvgIpc) is 3.28. The van der Waals surface area contributed by atoms with Crippen LogP contribution in [-0.4, -0.2) is 33.9 Å². The third kappa shape index (κ3) is 5.51. The SMILES string of the molecule is O=C(CSc1nc2ccccc2c(=O)n1C[C@H]1CCCO1)Nc1ccc(Cl)c(C(F)(F)F)c1. The number of benzene rings is 2. The van der Waals surface area contributed by atoms with Gasteiger partial charge in [0.25, 0.3) is 5.56 Å². The van der Waals surface area contributed by atoms with Crippen molar-refractivity contribution in [3.05, 3.63) is 63.4 Å². The Labute approximate surface area is 196 Å². The Balaban J connectivity index is 1.54. The second-order valence-electron chi connectivity index (χ2n) is 7.49. The smallest absolute Gasteiger partial charge is 0.376 e. The van der Waals surface area contributed by atoms with Gasteiger partial charge >= 0.3 is 6.18 Å². The quantitative estimate of drug-likeness (QED) is 0.384. The number of anilines is 1. The van der Waals surface area contributed by atoms with E-state index in [1.54, 1.807) is 24.3 Å². The zero-order chi connectivity index (χ0) is 23.6. The van der Waals surface area contributed by atoms with Crippen LogP contribution in [0.3, 0.4) is 0 Å². The Morgan fingerprint density at radius 1 is 1.27 bits per heavy atom. The number of nitrogens with zero attached hydrogens (tertiary/aromatic N) is 2. The van der Waals surface area contributed by atoms with Crippen LogP contribution in [0.4, 0.5) is 18.9 Å². The number of carbonyl (C=O) groups excluding carboxylic acids is 1. The van der Waals surface area contributed by atoms with Gasteiger partial charge in [-0.05, 0) is 43.2 Å². The van der Waals surface area contributed by atoms with E-state index in [4.69, 9.17) is 16.3 Å². The number of halogens is 4. The Kier molecular flexibility index (Phi) is 6.96. The number of hydrogen-bond acceptors (Lipinski definition) is 5. The highest BCUT2D eigenvalue weighted by Crippen LogP contribution is 2.36. The van der Waals surface area contributed by atoms with Crippen LogP contribution in [0.25, 0.3) is 10.9 Å². The highest BCUT2D eigenvalue weighted by Gasteiger charge is 2.33. The fraction of sp³-hybridized carbons (Fsp3) is 0.318. The predicted octanol–water partition coefficient (Wildman–Crippen LogP) is 4.98. The van der Waals surface area contributed by atoms with E-state index in [0.29, 0.717) is 29.2 Å². The molecule has 1 aliphatic heterocycles. The molecule has 0 radical (unpaired) electrons. The van der Waals surface area contributed by atoms with Gasteiger partial charge in [-0.15, -0.1) is 0 Å². The molecule has 33 heavy (non-hydrogen) atoms. The lowest BCUT2D eigenvalue weighted by molar-refractivity contribution is -0.137. The molecule has 1 N–H and O–H groups in total. The number of amides is 1. The van der Waals surface area contributed by atoms with Crippen LogP contribution < -0.4 is 10.9 Å². The molecule has 0 saturated carbocycles. The Morgan fingerprint density at radius 3 is 2.79 bits per heavy atom. The van der Waals surface area contributed by atoms with Crippen LogP contribution in [0.2, 0.25) is 5.02 Å². The number of rotatable bonds is 6. The van der Waals surface area contributed by atoms with Gasteiger partial charge < -0.3 is 10.1 Å². The standard InChI is InChI=1S/C22H19ClF3N3O3S/c23-17-8-7-13(10-16(17)22(24,25)26)27-19(30)12-33-21-28-18-6-2-1-5-15(18)20(31)29(21)11-14-4-3-9-32-14/h1-2,5-8,10,14H,3-4,9,11-12H2,(H,27,30)/t14-/m1/s1. The van der Waals surface area contributed by atoms with Crippen LogP contribution in [0.5, 0.6) is 0 Å². The van der Waals surface area contributed by atoms with E-state index in [0.717, 1.165) is 36.7 Å². The first kappa shape index (κ1) is 23.6. The van der Waals surface area contributed by atoms with Gasteiger partial charge in [-0.1, -0.05) is 35.5 Å². The lowest BCUT2D eigenvalue weighted by Gasteiger charge is -2.16. The Morgan fingerprint density at radius 2 is 2.06 bits per heavy atom. The number of fused-ring (bicyclic) bond motifs is 1. The molecule has 11 heteroatoms. The summed E-state index contributed by atoms with van der Waals surface area (Å²) >= 11 is 6.66. The molecule has 2 heterocycles. The first-order valence-corrected chi connectivity index (χ1v) is 11.5. The molecule has 174 valence electrons. The monoisotopic (exact) mass is 497 g/mol. The molecule has 3 aromatic rings. The molecule has 1 amide bonds. The zero-order valence-electron chi connectivity index (χ0n) is 17.2. The molecular formula is C22H19ClF3N3O3S. The number of nitrogens with one attached hydrogen (secondary N) is 1. The van der Waals surface area contributed by atoms with Crippen molar-refractivity contribution in [2.75, 3.05) is 17.7 Å². The van der Waals surface area contributed by atoms with Gasteiger partial charge in [-0.25, -0.2) is 4.98 Å². The van der Waals surface area contributed by atoms with Crippen molar-refractivity contribution in [3.63, 3.8) is 0 Å². The van der Waals surface area contributed by atoms with E-state index in [1.165, 1.54) is 10.6 Å². The number of aromatic nitrogens is 2. The third-order valence-electron chi connectivity index (χ3n) is 5.12. The summed E-state index contributed by atoms with van der Waals surface area (Å²) in [6, 6.07) is 10.1. The maximum Gasteiger partial charge on any atom is 0.417 e. The second kappa shape index (κ2) is 9.74. The molecule has 6 nitrogen and oxygen atoms in total. The minimum absolute atomic E-state index is 0.0273. The van der Waals surface area contributed by atoms with E-state index in [2.05, 4.69) is 10.3 Å². The molecule has 1 saturated heterocycles. The molecule has 1 atom stereocenters.